The molecule has 0 aliphatic heterocycles. The summed E-state index contributed by atoms with van der Waals surface area (Å²) in [5.41, 5.74) is 0. The highest BCUT2D eigenvalue weighted by atomic mass is 16.6. The molecule has 0 saturated carbocycles. The fourth-order valence-electron chi connectivity index (χ4n) is 7.63. The van der Waals surface area contributed by atoms with Crippen LogP contribution >= 0.6 is 0 Å². The van der Waals surface area contributed by atoms with E-state index in [0.29, 0.717) is 19.3 Å². The van der Waals surface area contributed by atoms with Gasteiger partial charge in [-0.25, -0.2) is 0 Å². The monoisotopic (exact) mass is 983 g/mol. The molecular formula is C65H106O6. The van der Waals surface area contributed by atoms with Crippen molar-refractivity contribution < 1.29 is 28.6 Å². The Balaban J connectivity index is 4.46. The number of allylic oxidation sites excluding steroid dienone is 20. The summed E-state index contributed by atoms with van der Waals surface area (Å²) in [7, 11) is 0. The molecule has 0 amide bonds. The topological polar surface area (TPSA) is 78.9 Å². The molecule has 0 aromatic heterocycles. The minimum absolute atomic E-state index is 0.105. The molecule has 0 aliphatic rings. The van der Waals surface area contributed by atoms with Crippen molar-refractivity contribution >= 4 is 17.9 Å². The van der Waals surface area contributed by atoms with Crippen LogP contribution in [0.15, 0.2) is 122 Å². The summed E-state index contributed by atoms with van der Waals surface area (Å²) < 4.78 is 16.8. The van der Waals surface area contributed by atoms with Crippen molar-refractivity contribution in [3.05, 3.63) is 122 Å². The number of carbonyl (C=O) groups excluding carboxylic acids is 3. The van der Waals surface area contributed by atoms with E-state index in [9.17, 15) is 14.4 Å². The first-order valence-corrected chi connectivity index (χ1v) is 29.0. The van der Waals surface area contributed by atoms with Crippen molar-refractivity contribution in [3.8, 4) is 0 Å². The summed E-state index contributed by atoms with van der Waals surface area (Å²) in [6.07, 6.45) is 80.5. The number of esters is 3. The first-order chi connectivity index (χ1) is 35.0. The Morgan fingerprint density at radius 3 is 0.887 bits per heavy atom. The standard InChI is InChI=1S/C65H106O6/c1-4-7-10-13-16-19-22-25-27-29-30-31-32-33-34-36-37-40-43-46-49-52-55-58-64(67)70-61-62(60-69-63(66)57-54-51-48-45-42-39-24-21-18-15-12-9-6-3)71-65(68)59-56-53-50-47-44-41-38-35-28-26-23-20-17-14-11-8-5-2/h7,9-10,12,16,18-19,21,25-28,30-31,33-34,37,39-40,42,62H,4-6,8,11,13-15,17,20,22-24,29,32,35-36,38,41,43-61H2,1-3H3/b10-7-,12-9-,19-16-,21-18-,27-25-,28-26-,31-30-,34-33-,40-37-,42-39-. The SMILES string of the molecule is CC/C=C\C/C=C\C/C=C\C/C=C\C/C=C\C/C=C\CCCCCCC(=O)OCC(COC(=O)CCCCC/C=C\C/C=C\C/C=C\CC)OC(=O)CCCCCCCCC/C=C\CCCCCCCC. The van der Waals surface area contributed by atoms with Crippen molar-refractivity contribution in [3.63, 3.8) is 0 Å². The van der Waals surface area contributed by atoms with Crippen molar-refractivity contribution in [2.45, 2.75) is 258 Å². The smallest absolute Gasteiger partial charge is 0.306 e. The average molecular weight is 984 g/mol. The minimum atomic E-state index is -0.807. The van der Waals surface area contributed by atoms with E-state index in [1.807, 2.05) is 0 Å². The van der Waals surface area contributed by atoms with E-state index in [2.05, 4.69) is 142 Å². The van der Waals surface area contributed by atoms with Crippen molar-refractivity contribution in [2.24, 2.45) is 0 Å². The Bertz CT molecular complexity index is 1500. The summed E-state index contributed by atoms with van der Waals surface area (Å²) in [6.45, 7) is 6.35. The lowest BCUT2D eigenvalue weighted by atomic mass is 10.1. The van der Waals surface area contributed by atoms with Gasteiger partial charge in [-0.2, -0.15) is 0 Å². The first kappa shape index (κ1) is 66.8. The molecule has 1 unspecified atom stereocenters. The van der Waals surface area contributed by atoms with Gasteiger partial charge in [0.1, 0.15) is 13.2 Å². The van der Waals surface area contributed by atoms with Gasteiger partial charge in [-0.1, -0.05) is 226 Å². The van der Waals surface area contributed by atoms with Crippen molar-refractivity contribution in [2.75, 3.05) is 13.2 Å². The molecular weight excluding hydrogens is 877 g/mol. The Kier molecular flexibility index (Phi) is 54.9. The summed E-state index contributed by atoms with van der Waals surface area (Å²) >= 11 is 0. The van der Waals surface area contributed by atoms with Gasteiger partial charge in [0, 0.05) is 19.3 Å². The Labute approximate surface area is 437 Å². The molecule has 1 atom stereocenters. The van der Waals surface area contributed by atoms with E-state index in [1.165, 1.54) is 77.0 Å². The zero-order valence-electron chi connectivity index (χ0n) is 45.9. The molecule has 6 heteroatoms. The molecule has 402 valence electrons. The third-order valence-electron chi connectivity index (χ3n) is 11.9. The average Bonchev–Trinajstić information content (AvgIpc) is 3.37. The van der Waals surface area contributed by atoms with Crippen LogP contribution in [0.3, 0.4) is 0 Å². The highest BCUT2D eigenvalue weighted by molar-refractivity contribution is 5.71. The zero-order valence-corrected chi connectivity index (χ0v) is 45.9. The largest absolute Gasteiger partial charge is 0.462 e. The third-order valence-corrected chi connectivity index (χ3v) is 11.9. The molecule has 0 N–H and O–H groups in total. The first-order valence-electron chi connectivity index (χ1n) is 29.0. The molecule has 0 aromatic rings. The maximum absolute atomic E-state index is 12.9. The number of carbonyl (C=O) groups is 3. The van der Waals surface area contributed by atoms with Gasteiger partial charge >= 0.3 is 17.9 Å². The van der Waals surface area contributed by atoms with E-state index in [4.69, 9.17) is 14.2 Å². The maximum atomic E-state index is 12.9. The lowest BCUT2D eigenvalue weighted by molar-refractivity contribution is -0.167. The molecule has 0 aromatic carbocycles. The summed E-state index contributed by atoms with van der Waals surface area (Å²) in [6, 6.07) is 0. The molecule has 0 rings (SSSR count). The second-order valence-electron chi connectivity index (χ2n) is 18.8. The number of unbranched alkanes of at least 4 members (excludes halogenated alkanes) is 20. The number of rotatable bonds is 51. The minimum Gasteiger partial charge on any atom is -0.462 e. The Morgan fingerprint density at radius 2 is 0.549 bits per heavy atom. The van der Waals surface area contributed by atoms with Gasteiger partial charge in [0.2, 0.25) is 0 Å². The van der Waals surface area contributed by atoms with E-state index < -0.39 is 6.10 Å². The molecule has 0 heterocycles. The highest BCUT2D eigenvalue weighted by Gasteiger charge is 2.19. The molecule has 0 saturated heterocycles. The molecule has 6 nitrogen and oxygen atoms in total. The van der Waals surface area contributed by atoms with Gasteiger partial charge in [-0.3, -0.25) is 14.4 Å². The van der Waals surface area contributed by atoms with Crippen LogP contribution in [0.2, 0.25) is 0 Å². The number of hydrogen-bond donors (Lipinski definition) is 0. The van der Waals surface area contributed by atoms with Crippen molar-refractivity contribution in [1.29, 1.82) is 0 Å². The second kappa shape index (κ2) is 58.4. The lowest BCUT2D eigenvalue weighted by Gasteiger charge is -2.18. The predicted octanol–water partition coefficient (Wildman–Crippen LogP) is 19.6. The predicted molar refractivity (Wildman–Crippen MR) is 306 cm³/mol. The van der Waals surface area contributed by atoms with Crippen molar-refractivity contribution in [1.82, 2.24) is 0 Å². The van der Waals surface area contributed by atoms with E-state index >= 15 is 0 Å². The van der Waals surface area contributed by atoms with E-state index in [0.717, 1.165) is 135 Å². The van der Waals surface area contributed by atoms with E-state index in [-0.39, 0.29) is 31.1 Å². The van der Waals surface area contributed by atoms with Gasteiger partial charge in [-0.05, 0) is 128 Å². The highest BCUT2D eigenvalue weighted by Crippen LogP contribution is 2.14. The quantitative estimate of drug-likeness (QED) is 0.0261. The molecule has 0 aliphatic carbocycles. The summed E-state index contributed by atoms with van der Waals surface area (Å²) in [5, 5.41) is 0. The summed E-state index contributed by atoms with van der Waals surface area (Å²) in [5.74, 6) is -0.963. The van der Waals surface area contributed by atoms with Crippen LogP contribution in [0.4, 0.5) is 0 Å². The van der Waals surface area contributed by atoms with Crippen LogP contribution in [0, 0.1) is 0 Å². The Hall–Kier alpha value is -4.19. The Morgan fingerprint density at radius 1 is 0.296 bits per heavy atom. The van der Waals surface area contributed by atoms with Crippen LogP contribution in [-0.2, 0) is 28.6 Å². The van der Waals surface area contributed by atoms with Gasteiger partial charge in [0.15, 0.2) is 6.10 Å². The molecule has 0 bridgehead atoms. The lowest BCUT2D eigenvalue weighted by Crippen LogP contribution is -2.30. The van der Waals surface area contributed by atoms with E-state index in [1.54, 1.807) is 0 Å². The third kappa shape index (κ3) is 56.6. The fourth-order valence-corrected chi connectivity index (χ4v) is 7.63. The zero-order chi connectivity index (χ0) is 51.4. The molecule has 71 heavy (non-hydrogen) atoms. The van der Waals surface area contributed by atoms with Crippen LogP contribution in [0.1, 0.15) is 252 Å². The van der Waals surface area contributed by atoms with Gasteiger partial charge < -0.3 is 14.2 Å². The molecule has 0 spiro atoms. The fraction of sp³-hybridized carbons (Fsp3) is 0.646. The van der Waals surface area contributed by atoms with Crippen LogP contribution in [0.25, 0.3) is 0 Å². The van der Waals surface area contributed by atoms with Gasteiger partial charge in [0.05, 0.1) is 0 Å². The molecule has 0 fully saturated rings. The number of hydrogen-bond acceptors (Lipinski definition) is 6. The van der Waals surface area contributed by atoms with Crippen LogP contribution in [0.5, 0.6) is 0 Å². The summed E-state index contributed by atoms with van der Waals surface area (Å²) in [4.78, 5) is 38.2. The van der Waals surface area contributed by atoms with Gasteiger partial charge in [0.25, 0.3) is 0 Å². The van der Waals surface area contributed by atoms with Crippen LogP contribution in [-0.4, -0.2) is 37.2 Å². The second-order valence-corrected chi connectivity index (χ2v) is 18.8. The maximum Gasteiger partial charge on any atom is 0.306 e. The number of ether oxygens (including phenoxy) is 3. The normalized spacial score (nSPS) is 13.0. The van der Waals surface area contributed by atoms with Gasteiger partial charge in [-0.15, -0.1) is 0 Å². The van der Waals surface area contributed by atoms with Crippen LogP contribution < -0.4 is 0 Å². The molecule has 0 radical (unpaired) electrons.